The predicted molar refractivity (Wildman–Crippen MR) is 96.5 cm³/mol. The summed E-state index contributed by atoms with van der Waals surface area (Å²) in [4.78, 5) is 14.4. The molecule has 0 bridgehead atoms. The Kier molecular flexibility index (Phi) is 4.23. The van der Waals surface area contributed by atoms with Crippen molar-refractivity contribution in [3.8, 4) is 0 Å². The Balaban J connectivity index is 1.44. The lowest BCUT2D eigenvalue weighted by Gasteiger charge is -2.17. The van der Waals surface area contributed by atoms with Crippen molar-refractivity contribution in [2.24, 2.45) is 5.10 Å². The average molecular weight is 349 g/mol. The van der Waals surface area contributed by atoms with Gasteiger partial charge in [-0.1, -0.05) is 6.07 Å². The third-order valence-corrected chi connectivity index (χ3v) is 4.28. The fraction of sp³-hybridized carbons (Fsp3) is 0.100. The predicted octanol–water partition coefficient (Wildman–Crippen LogP) is 3.70. The molecule has 0 unspecified atom stereocenters. The van der Waals surface area contributed by atoms with E-state index < -0.39 is 0 Å². The number of hydrazone groups is 1. The largest absolute Gasteiger partial charge is 0.463 e. The van der Waals surface area contributed by atoms with Gasteiger partial charge in [-0.2, -0.15) is 5.10 Å². The van der Waals surface area contributed by atoms with Crippen molar-refractivity contribution in [1.29, 1.82) is 0 Å². The normalized spacial score (nSPS) is 13.2. The van der Waals surface area contributed by atoms with Crippen LogP contribution in [0.5, 0.6) is 0 Å². The molecule has 6 heteroatoms. The zero-order valence-corrected chi connectivity index (χ0v) is 13.9. The maximum absolute atomic E-state index is 13.1. The van der Waals surface area contributed by atoms with Gasteiger partial charge in [0.25, 0.3) is 5.91 Å². The summed E-state index contributed by atoms with van der Waals surface area (Å²) in [6.07, 6.45) is 2.98. The highest BCUT2D eigenvalue weighted by Crippen LogP contribution is 2.29. The van der Waals surface area contributed by atoms with Gasteiger partial charge in [-0.3, -0.25) is 4.79 Å². The molecule has 0 aliphatic carbocycles. The van der Waals surface area contributed by atoms with Gasteiger partial charge in [0, 0.05) is 24.3 Å². The van der Waals surface area contributed by atoms with E-state index in [0.717, 1.165) is 23.4 Å². The molecule has 4 rings (SSSR count). The Hall–Kier alpha value is -3.41. The maximum atomic E-state index is 13.1. The molecule has 3 aromatic rings. The number of amides is 1. The minimum Gasteiger partial charge on any atom is -0.463 e. The van der Waals surface area contributed by atoms with E-state index in [1.54, 1.807) is 30.3 Å². The molecule has 0 atom stereocenters. The zero-order valence-electron chi connectivity index (χ0n) is 13.9. The number of nitrogens with one attached hydrogen (secondary N) is 1. The molecule has 0 saturated heterocycles. The second-order valence-electron chi connectivity index (χ2n) is 6.03. The lowest BCUT2D eigenvalue weighted by atomic mass is 10.1. The standard InChI is InChI=1S/C20H16FN3O2/c21-17-5-7-18(8-6-17)24-12-15-4-3-14(10-16(15)13-24)20(25)23-22-11-19-2-1-9-26-19/h1-11H,12-13H2,(H,23,25)/b22-11-. The first kappa shape index (κ1) is 16.1. The van der Waals surface area contributed by atoms with Crippen LogP contribution in [-0.2, 0) is 13.1 Å². The molecule has 0 saturated carbocycles. The summed E-state index contributed by atoms with van der Waals surface area (Å²) >= 11 is 0. The third-order valence-electron chi connectivity index (χ3n) is 4.28. The molecule has 5 nitrogen and oxygen atoms in total. The van der Waals surface area contributed by atoms with Crippen molar-refractivity contribution >= 4 is 17.8 Å². The van der Waals surface area contributed by atoms with Crippen LogP contribution in [0.4, 0.5) is 10.1 Å². The highest BCUT2D eigenvalue weighted by Gasteiger charge is 2.20. The second kappa shape index (κ2) is 6.84. The summed E-state index contributed by atoms with van der Waals surface area (Å²) in [7, 11) is 0. The molecule has 0 radical (unpaired) electrons. The van der Waals surface area contributed by atoms with Crippen LogP contribution in [0.3, 0.4) is 0 Å². The Morgan fingerprint density at radius 2 is 1.92 bits per heavy atom. The number of rotatable bonds is 4. The number of halogens is 1. The maximum Gasteiger partial charge on any atom is 0.271 e. The summed E-state index contributed by atoms with van der Waals surface area (Å²) in [5, 5.41) is 3.89. The van der Waals surface area contributed by atoms with Crippen molar-refractivity contribution in [3.63, 3.8) is 0 Å². The van der Waals surface area contributed by atoms with Gasteiger partial charge in [0.05, 0.1) is 12.5 Å². The van der Waals surface area contributed by atoms with E-state index in [1.807, 2.05) is 12.1 Å². The summed E-state index contributed by atoms with van der Waals surface area (Å²) in [6, 6.07) is 15.5. The summed E-state index contributed by atoms with van der Waals surface area (Å²) in [6.45, 7) is 1.41. The van der Waals surface area contributed by atoms with Crippen LogP contribution in [0.1, 0.15) is 27.2 Å². The first-order valence-corrected chi connectivity index (χ1v) is 8.18. The fourth-order valence-electron chi connectivity index (χ4n) is 2.95. The number of nitrogens with zero attached hydrogens (tertiary/aromatic N) is 2. The molecule has 1 aliphatic rings. The van der Waals surface area contributed by atoms with Crippen LogP contribution < -0.4 is 10.3 Å². The number of carbonyl (C=O) groups excluding carboxylic acids is 1. The number of anilines is 1. The molecule has 2 heterocycles. The monoisotopic (exact) mass is 349 g/mol. The Morgan fingerprint density at radius 1 is 1.12 bits per heavy atom. The first-order chi connectivity index (χ1) is 12.7. The van der Waals surface area contributed by atoms with Crippen molar-refractivity contribution in [2.45, 2.75) is 13.1 Å². The smallest absolute Gasteiger partial charge is 0.271 e. The van der Waals surface area contributed by atoms with Gasteiger partial charge in [-0.05, 0) is 59.7 Å². The third kappa shape index (κ3) is 3.35. The lowest BCUT2D eigenvalue weighted by molar-refractivity contribution is 0.0955. The van der Waals surface area contributed by atoms with E-state index in [-0.39, 0.29) is 11.7 Å². The van der Waals surface area contributed by atoms with Crippen LogP contribution >= 0.6 is 0 Å². The number of furan rings is 1. The Bertz CT molecular complexity index is 950. The SMILES string of the molecule is O=C(N/N=C\c1ccco1)c1ccc2c(c1)CN(c1ccc(F)cc1)C2. The van der Waals surface area contributed by atoms with Crippen LogP contribution in [-0.4, -0.2) is 12.1 Å². The molecular formula is C20H16FN3O2. The molecule has 130 valence electrons. The number of benzene rings is 2. The quantitative estimate of drug-likeness (QED) is 0.577. The Labute approximate surface area is 149 Å². The molecule has 1 amide bonds. The minimum absolute atomic E-state index is 0.250. The van der Waals surface area contributed by atoms with E-state index >= 15 is 0 Å². The van der Waals surface area contributed by atoms with Crippen LogP contribution in [0.2, 0.25) is 0 Å². The lowest BCUT2D eigenvalue weighted by Crippen LogP contribution is -2.17. The van der Waals surface area contributed by atoms with Crippen molar-refractivity contribution < 1.29 is 13.6 Å². The van der Waals surface area contributed by atoms with Gasteiger partial charge in [0.1, 0.15) is 11.6 Å². The number of fused-ring (bicyclic) bond motifs is 1. The molecule has 1 N–H and O–H groups in total. The zero-order chi connectivity index (χ0) is 17.9. The van der Waals surface area contributed by atoms with Crippen molar-refractivity contribution in [1.82, 2.24) is 5.43 Å². The molecular weight excluding hydrogens is 333 g/mol. The van der Waals surface area contributed by atoms with Gasteiger partial charge in [-0.25, -0.2) is 9.82 Å². The highest BCUT2D eigenvalue weighted by atomic mass is 19.1. The van der Waals surface area contributed by atoms with Gasteiger partial charge in [0.2, 0.25) is 0 Å². The van der Waals surface area contributed by atoms with E-state index in [9.17, 15) is 9.18 Å². The molecule has 0 spiro atoms. The van der Waals surface area contributed by atoms with Crippen molar-refractivity contribution in [3.05, 3.63) is 89.1 Å². The fourth-order valence-corrected chi connectivity index (χ4v) is 2.95. The van der Waals surface area contributed by atoms with E-state index in [1.165, 1.54) is 24.6 Å². The second-order valence-corrected chi connectivity index (χ2v) is 6.03. The van der Waals surface area contributed by atoms with E-state index in [4.69, 9.17) is 4.42 Å². The van der Waals surface area contributed by atoms with Gasteiger partial charge >= 0.3 is 0 Å². The Morgan fingerprint density at radius 3 is 2.69 bits per heavy atom. The summed E-state index contributed by atoms with van der Waals surface area (Å²) < 4.78 is 18.2. The topological polar surface area (TPSA) is 57.8 Å². The summed E-state index contributed by atoms with van der Waals surface area (Å²) in [5.41, 5.74) is 6.23. The van der Waals surface area contributed by atoms with Gasteiger partial charge in [-0.15, -0.1) is 0 Å². The van der Waals surface area contributed by atoms with Gasteiger partial charge < -0.3 is 9.32 Å². The number of hydrogen-bond donors (Lipinski definition) is 1. The molecule has 0 fully saturated rings. The van der Waals surface area contributed by atoms with Crippen molar-refractivity contribution in [2.75, 3.05) is 4.90 Å². The number of hydrogen-bond acceptors (Lipinski definition) is 4. The van der Waals surface area contributed by atoms with Crippen LogP contribution in [0.15, 0.2) is 70.4 Å². The van der Waals surface area contributed by atoms with E-state index in [0.29, 0.717) is 17.9 Å². The molecule has 1 aromatic heterocycles. The van der Waals surface area contributed by atoms with Crippen LogP contribution in [0, 0.1) is 5.82 Å². The molecule has 1 aliphatic heterocycles. The summed E-state index contributed by atoms with van der Waals surface area (Å²) in [5.74, 6) is 0.0320. The number of carbonyl (C=O) groups is 1. The first-order valence-electron chi connectivity index (χ1n) is 8.18. The average Bonchev–Trinajstić information content (AvgIpc) is 3.31. The van der Waals surface area contributed by atoms with Gasteiger partial charge in [0.15, 0.2) is 0 Å². The van der Waals surface area contributed by atoms with E-state index in [2.05, 4.69) is 15.4 Å². The highest BCUT2D eigenvalue weighted by molar-refractivity contribution is 5.95. The minimum atomic E-state index is -0.282. The van der Waals surface area contributed by atoms with Crippen LogP contribution in [0.25, 0.3) is 0 Å². The molecule has 2 aromatic carbocycles. The molecule has 26 heavy (non-hydrogen) atoms.